The SMILES string of the molecule is CCOC(C)(C)c1noc(-c2ccc(CN)o2)n1. The summed E-state index contributed by atoms with van der Waals surface area (Å²) in [6.45, 7) is 6.61. The van der Waals surface area contributed by atoms with Crippen molar-refractivity contribution in [3.8, 4) is 11.7 Å². The Morgan fingerprint density at radius 2 is 2.17 bits per heavy atom. The summed E-state index contributed by atoms with van der Waals surface area (Å²) in [7, 11) is 0. The van der Waals surface area contributed by atoms with Gasteiger partial charge in [-0.25, -0.2) is 0 Å². The Labute approximate surface area is 105 Å². The Hall–Kier alpha value is -1.66. The average Bonchev–Trinajstić information content (AvgIpc) is 2.98. The molecule has 6 nitrogen and oxygen atoms in total. The first-order chi connectivity index (χ1) is 8.56. The predicted molar refractivity (Wildman–Crippen MR) is 64.5 cm³/mol. The van der Waals surface area contributed by atoms with Crippen LogP contribution in [0.5, 0.6) is 0 Å². The van der Waals surface area contributed by atoms with E-state index in [1.165, 1.54) is 0 Å². The monoisotopic (exact) mass is 251 g/mol. The number of furan rings is 1. The van der Waals surface area contributed by atoms with Crippen LogP contribution in [0, 0.1) is 0 Å². The molecule has 0 aliphatic carbocycles. The lowest BCUT2D eigenvalue weighted by molar-refractivity contribution is -0.0221. The second-order valence-corrected chi connectivity index (χ2v) is 4.34. The molecule has 0 fully saturated rings. The molecule has 0 spiro atoms. The minimum absolute atomic E-state index is 0.331. The molecule has 0 radical (unpaired) electrons. The lowest BCUT2D eigenvalue weighted by Gasteiger charge is -2.19. The van der Waals surface area contributed by atoms with Crippen LogP contribution < -0.4 is 5.73 Å². The van der Waals surface area contributed by atoms with Crippen molar-refractivity contribution in [2.75, 3.05) is 6.61 Å². The Kier molecular flexibility index (Phi) is 3.49. The average molecular weight is 251 g/mol. The van der Waals surface area contributed by atoms with E-state index in [1.54, 1.807) is 12.1 Å². The van der Waals surface area contributed by atoms with E-state index in [1.807, 2.05) is 20.8 Å². The van der Waals surface area contributed by atoms with E-state index in [4.69, 9.17) is 19.4 Å². The highest BCUT2D eigenvalue weighted by molar-refractivity contribution is 5.44. The molecule has 18 heavy (non-hydrogen) atoms. The third-order valence-corrected chi connectivity index (χ3v) is 2.54. The Morgan fingerprint density at radius 1 is 1.39 bits per heavy atom. The molecule has 0 saturated heterocycles. The molecule has 0 atom stereocenters. The smallest absolute Gasteiger partial charge is 0.293 e. The van der Waals surface area contributed by atoms with Gasteiger partial charge in [0.05, 0.1) is 6.54 Å². The zero-order valence-electron chi connectivity index (χ0n) is 10.8. The van der Waals surface area contributed by atoms with Gasteiger partial charge in [0.25, 0.3) is 5.89 Å². The van der Waals surface area contributed by atoms with Crippen molar-refractivity contribution in [2.24, 2.45) is 5.73 Å². The van der Waals surface area contributed by atoms with Crippen molar-refractivity contribution in [3.05, 3.63) is 23.7 Å². The standard InChI is InChI=1S/C12H17N3O3/c1-4-16-12(2,3)11-14-10(18-15-11)9-6-5-8(7-13)17-9/h5-6H,4,7,13H2,1-3H3. The number of nitrogens with zero attached hydrogens (tertiary/aromatic N) is 2. The normalized spacial score (nSPS) is 12.0. The fraction of sp³-hybridized carbons (Fsp3) is 0.500. The topological polar surface area (TPSA) is 87.3 Å². The van der Waals surface area contributed by atoms with Gasteiger partial charge in [-0.15, -0.1) is 0 Å². The highest BCUT2D eigenvalue weighted by Crippen LogP contribution is 2.26. The van der Waals surface area contributed by atoms with Crippen LogP contribution in [0.4, 0.5) is 0 Å². The first kappa shape index (κ1) is 12.8. The Balaban J connectivity index is 2.24. The first-order valence-corrected chi connectivity index (χ1v) is 5.84. The molecular weight excluding hydrogens is 234 g/mol. The highest BCUT2D eigenvalue weighted by Gasteiger charge is 2.28. The Bertz CT molecular complexity index is 516. The van der Waals surface area contributed by atoms with Gasteiger partial charge in [0.1, 0.15) is 11.4 Å². The molecule has 0 unspecified atom stereocenters. The molecule has 6 heteroatoms. The van der Waals surface area contributed by atoms with Crippen LogP contribution >= 0.6 is 0 Å². The molecule has 0 saturated carbocycles. The molecule has 0 bridgehead atoms. The van der Waals surface area contributed by atoms with E-state index in [9.17, 15) is 0 Å². The Morgan fingerprint density at radius 3 is 2.78 bits per heavy atom. The van der Waals surface area contributed by atoms with Gasteiger partial charge in [0, 0.05) is 6.61 Å². The zero-order chi connectivity index (χ0) is 13.2. The number of aromatic nitrogens is 2. The van der Waals surface area contributed by atoms with Crippen LogP contribution in [0.15, 0.2) is 21.1 Å². The molecule has 0 amide bonds. The van der Waals surface area contributed by atoms with Gasteiger partial charge < -0.3 is 19.4 Å². The van der Waals surface area contributed by atoms with Crippen LogP contribution in [0.2, 0.25) is 0 Å². The van der Waals surface area contributed by atoms with Crippen molar-refractivity contribution in [1.82, 2.24) is 10.1 Å². The molecule has 2 aromatic heterocycles. The fourth-order valence-corrected chi connectivity index (χ4v) is 1.60. The maximum Gasteiger partial charge on any atom is 0.293 e. The van der Waals surface area contributed by atoms with Crippen LogP contribution in [0.25, 0.3) is 11.7 Å². The number of hydrogen-bond acceptors (Lipinski definition) is 6. The van der Waals surface area contributed by atoms with Crippen molar-refractivity contribution in [1.29, 1.82) is 0 Å². The molecule has 0 aromatic carbocycles. The predicted octanol–water partition coefficient (Wildman–Crippen LogP) is 2.06. The van der Waals surface area contributed by atoms with Crippen molar-refractivity contribution >= 4 is 0 Å². The molecular formula is C12H17N3O3. The van der Waals surface area contributed by atoms with Crippen LogP contribution in [0.1, 0.15) is 32.4 Å². The van der Waals surface area contributed by atoms with E-state index < -0.39 is 5.60 Å². The summed E-state index contributed by atoms with van der Waals surface area (Å²) in [5.41, 5.74) is 4.89. The molecule has 2 N–H and O–H groups in total. The number of nitrogens with two attached hydrogens (primary N) is 1. The van der Waals surface area contributed by atoms with Gasteiger partial charge >= 0.3 is 0 Å². The summed E-state index contributed by atoms with van der Waals surface area (Å²) < 4.78 is 16.2. The minimum Gasteiger partial charge on any atom is -0.455 e. The summed E-state index contributed by atoms with van der Waals surface area (Å²) >= 11 is 0. The summed E-state index contributed by atoms with van der Waals surface area (Å²) in [6, 6.07) is 3.54. The number of ether oxygens (including phenoxy) is 1. The molecule has 0 aliphatic heterocycles. The van der Waals surface area contributed by atoms with Gasteiger partial charge in [0.15, 0.2) is 5.76 Å². The van der Waals surface area contributed by atoms with E-state index in [0.29, 0.717) is 36.4 Å². The second kappa shape index (κ2) is 4.91. The van der Waals surface area contributed by atoms with Gasteiger partial charge in [-0.3, -0.25) is 0 Å². The lowest BCUT2D eigenvalue weighted by atomic mass is 10.1. The molecule has 2 rings (SSSR count). The highest BCUT2D eigenvalue weighted by atomic mass is 16.5. The summed E-state index contributed by atoms with van der Waals surface area (Å²) in [5.74, 6) is 2.01. The second-order valence-electron chi connectivity index (χ2n) is 4.34. The van der Waals surface area contributed by atoms with E-state index in [0.717, 1.165) is 0 Å². The third kappa shape index (κ3) is 2.44. The minimum atomic E-state index is -0.584. The van der Waals surface area contributed by atoms with E-state index in [2.05, 4.69) is 10.1 Å². The summed E-state index contributed by atoms with van der Waals surface area (Å²) in [4.78, 5) is 4.28. The van der Waals surface area contributed by atoms with Gasteiger partial charge in [-0.2, -0.15) is 4.98 Å². The van der Waals surface area contributed by atoms with Gasteiger partial charge in [-0.1, -0.05) is 5.16 Å². The lowest BCUT2D eigenvalue weighted by Crippen LogP contribution is -2.23. The van der Waals surface area contributed by atoms with Crippen molar-refractivity contribution in [3.63, 3.8) is 0 Å². The largest absolute Gasteiger partial charge is 0.455 e. The molecule has 98 valence electrons. The molecule has 0 aliphatic rings. The summed E-state index contributed by atoms with van der Waals surface area (Å²) in [6.07, 6.45) is 0. The number of hydrogen-bond donors (Lipinski definition) is 1. The zero-order valence-corrected chi connectivity index (χ0v) is 10.8. The van der Waals surface area contributed by atoms with Crippen molar-refractivity contribution in [2.45, 2.75) is 32.9 Å². The molecule has 2 aromatic rings. The fourth-order valence-electron chi connectivity index (χ4n) is 1.60. The van der Waals surface area contributed by atoms with Crippen molar-refractivity contribution < 1.29 is 13.7 Å². The van der Waals surface area contributed by atoms with E-state index in [-0.39, 0.29) is 0 Å². The quantitative estimate of drug-likeness (QED) is 0.875. The maximum atomic E-state index is 5.56. The first-order valence-electron chi connectivity index (χ1n) is 5.84. The summed E-state index contributed by atoms with van der Waals surface area (Å²) in [5, 5.41) is 3.92. The van der Waals surface area contributed by atoms with Crippen LogP contribution in [-0.4, -0.2) is 16.7 Å². The van der Waals surface area contributed by atoms with E-state index >= 15 is 0 Å². The molecule has 2 heterocycles. The van der Waals surface area contributed by atoms with Gasteiger partial charge in [0.2, 0.25) is 5.82 Å². The van der Waals surface area contributed by atoms with Crippen LogP contribution in [-0.2, 0) is 16.9 Å². The van der Waals surface area contributed by atoms with Crippen LogP contribution in [0.3, 0.4) is 0 Å². The maximum absolute atomic E-state index is 5.56. The number of rotatable bonds is 5. The third-order valence-electron chi connectivity index (χ3n) is 2.54. The van der Waals surface area contributed by atoms with Gasteiger partial charge in [-0.05, 0) is 32.9 Å².